The molecular formula is C15H16N2O2. The molecule has 0 aliphatic heterocycles. The first kappa shape index (κ1) is 13.1. The van der Waals surface area contributed by atoms with Crippen LogP contribution in [0.25, 0.3) is 11.1 Å². The molecule has 0 saturated carbocycles. The normalized spacial score (nSPS) is 10.2. The maximum atomic E-state index is 10.9. The van der Waals surface area contributed by atoms with Crippen LogP contribution in [0.3, 0.4) is 0 Å². The van der Waals surface area contributed by atoms with E-state index in [-0.39, 0.29) is 6.61 Å². The molecule has 1 aromatic heterocycles. The maximum absolute atomic E-state index is 10.9. The third kappa shape index (κ3) is 3.10. The van der Waals surface area contributed by atoms with Crippen molar-refractivity contribution in [3.05, 3.63) is 47.8 Å². The molecule has 4 heteroatoms. The number of rotatable bonds is 4. The van der Waals surface area contributed by atoms with Crippen molar-refractivity contribution in [2.24, 2.45) is 5.73 Å². The summed E-state index contributed by atoms with van der Waals surface area (Å²) in [7, 11) is 0. The van der Waals surface area contributed by atoms with Gasteiger partial charge in [-0.25, -0.2) is 0 Å². The van der Waals surface area contributed by atoms with E-state index in [1.165, 1.54) is 0 Å². The summed E-state index contributed by atoms with van der Waals surface area (Å²) < 4.78 is 5.54. The Balaban J connectivity index is 2.48. The molecular weight excluding hydrogens is 240 g/mol. The minimum atomic E-state index is -0.489. The molecule has 0 bridgehead atoms. The van der Waals surface area contributed by atoms with Gasteiger partial charge in [-0.3, -0.25) is 9.78 Å². The third-order valence-corrected chi connectivity index (χ3v) is 2.75. The molecule has 1 heterocycles. The van der Waals surface area contributed by atoms with Gasteiger partial charge in [-0.05, 0) is 37.1 Å². The Morgan fingerprint density at radius 2 is 2.16 bits per heavy atom. The van der Waals surface area contributed by atoms with Crippen LogP contribution in [-0.2, 0) is 4.79 Å². The van der Waals surface area contributed by atoms with Crippen molar-refractivity contribution in [1.29, 1.82) is 0 Å². The topological polar surface area (TPSA) is 65.2 Å². The molecule has 0 unspecified atom stereocenters. The van der Waals surface area contributed by atoms with E-state index in [4.69, 9.17) is 10.5 Å². The second kappa shape index (κ2) is 5.52. The number of hydrogen-bond acceptors (Lipinski definition) is 3. The minimum Gasteiger partial charge on any atom is -0.483 e. The third-order valence-electron chi connectivity index (χ3n) is 2.75. The molecule has 0 saturated heterocycles. The van der Waals surface area contributed by atoms with E-state index in [0.717, 1.165) is 22.3 Å². The lowest BCUT2D eigenvalue weighted by atomic mass is 10.0. The van der Waals surface area contributed by atoms with Crippen molar-refractivity contribution in [2.45, 2.75) is 13.8 Å². The van der Waals surface area contributed by atoms with Gasteiger partial charge in [0.05, 0.1) is 0 Å². The standard InChI is InChI=1S/C15H16N2O2/c1-10-6-11(2)15(19-9-14(16)18)13(7-10)12-4-3-5-17-8-12/h3-8H,9H2,1-2H3,(H2,16,18). The monoisotopic (exact) mass is 256 g/mol. The van der Waals surface area contributed by atoms with E-state index in [1.807, 2.05) is 38.1 Å². The minimum absolute atomic E-state index is 0.128. The van der Waals surface area contributed by atoms with Crippen LogP contribution >= 0.6 is 0 Å². The first-order valence-corrected chi connectivity index (χ1v) is 6.00. The predicted octanol–water partition coefficient (Wildman–Crippen LogP) is 2.23. The summed E-state index contributed by atoms with van der Waals surface area (Å²) in [5.41, 5.74) is 9.11. The van der Waals surface area contributed by atoms with Gasteiger partial charge in [-0.15, -0.1) is 0 Å². The molecule has 0 spiro atoms. The molecule has 0 fully saturated rings. The number of amides is 1. The molecule has 0 aliphatic carbocycles. The van der Waals surface area contributed by atoms with Crippen LogP contribution in [0.5, 0.6) is 5.75 Å². The van der Waals surface area contributed by atoms with Gasteiger partial charge in [-0.2, -0.15) is 0 Å². The number of aryl methyl sites for hydroxylation is 2. The summed E-state index contributed by atoms with van der Waals surface area (Å²) in [5, 5.41) is 0. The highest BCUT2D eigenvalue weighted by Crippen LogP contribution is 2.33. The van der Waals surface area contributed by atoms with Crippen LogP contribution in [0.15, 0.2) is 36.7 Å². The number of primary amides is 1. The zero-order valence-corrected chi connectivity index (χ0v) is 11.0. The molecule has 2 aromatic rings. The highest BCUT2D eigenvalue weighted by atomic mass is 16.5. The molecule has 4 nitrogen and oxygen atoms in total. The van der Waals surface area contributed by atoms with Gasteiger partial charge >= 0.3 is 0 Å². The smallest absolute Gasteiger partial charge is 0.255 e. The average molecular weight is 256 g/mol. The van der Waals surface area contributed by atoms with Gasteiger partial charge < -0.3 is 10.5 Å². The van der Waals surface area contributed by atoms with Crippen molar-refractivity contribution in [3.63, 3.8) is 0 Å². The summed E-state index contributed by atoms with van der Waals surface area (Å²) in [6, 6.07) is 7.85. The molecule has 0 aliphatic rings. The zero-order valence-electron chi connectivity index (χ0n) is 11.0. The number of nitrogens with two attached hydrogens (primary N) is 1. The van der Waals surface area contributed by atoms with Crippen LogP contribution in [-0.4, -0.2) is 17.5 Å². The number of pyridine rings is 1. The molecule has 19 heavy (non-hydrogen) atoms. The number of benzene rings is 1. The maximum Gasteiger partial charge on any atom is 0.255 e. The van der Waals surface area contributed by atoms with Gasteiger partial charge in [0.2, 0.25) is 0 Å². The first-order valence-electron chi connectivity index (χ1n) is 6.00. The lowest BCUT2D eigenvalue weighted by Crippen LogP contribution is -2.20. The summed E-state index contributed by atoms with van der Waals surface area (Å²) in [6.45, 7) is 3.84. The van der Waals surface area contributed by atoms with Crippen LogP contribution in [0.2, 0.25) is 0 Å². The van der Waals surface area contributed by atoms with Gasteiger partial charge in [0, 0.05) is 23.5 Å². The average Bonchev–Trinajstić information content (AvgIpc) is 2.37. The number of carbonyl (C=O) groups excluding carboxylic acids is 1. The van der Waals surface area contributed by atoms with Crippen LogP contribution in [0.4, 0.5) is 0 Å². The van der Waals surface area contributed by atoms with Gasteiger partial charge in [0.25, 0.3) is 5.91 Å². The number of aromatic nitrogens is 1. The Morgan fingerprint density at radius 1 is 1.37 bits per heavy atom. The quantitative estimate of drug-likeness (QED) is 0.912. The largest absolute Gasteiger partial charge is 0.483 e. The summed E-state index contributed by atoms with van der Waals surface area (Å²) >= 11 is 0. The lowest BCUT2D eigenvalue weighted by molar-refractivity contribution is -0.119. The van der Waals surface area contributed by atoms with Gasteiger partial charge in [-0.1, -0.05) is 12.1 Å². The predicted molar refractivity (Wildman–Crippen MR) is 73.8 cm³/mol. The number of hydrogen-bond donors (Lipinski definition) is 1. The number of nitrogens with zero attached hydrogens (tertiary/aromatic N) is 1. The molecule has 0 atom stereocenters. The fraction of sp³-hybridized carbons (Fsp3) is 0.200. The molecule has 0 radical (unpaired) electrons. The second-order valence-corrected chi connectivity index (χ2v) is 4.46. The molecule has 98 valence electrons. The Labute approximate surface area is 112 Å². The Bertz CT molecular complexity index is 595. The molecule has 2 rings (SSSR count). The Morgan fingerprint density at radius 3 is 2.79 bits per heavy atom. The Kier molecular flexibility index (Phi) is 3.80. The van der Waals surface area contributed by atoms with Crippen LogP contribution in [0, 0.1) is 13.8 Å². The van der Waals surface area contributed by atoms with Gasteiger partial charge in [0.15, 0.2) is 6.61 Å². The van der Waals surface area contributed by atoms with Crippen molar-refractivity contribution < 1.29 is 9.53 Å². The molecule has 2 N–H and O–H groups in total. The van der Waals surface area contributed by atoms with E-state index in [2.05, 4.69) is 4.98 Å². The summed E-state index contributed by atoms with van der Waals surface area (Å²) in [6.07, 6.45) is 3.49. The summed E-state index contributed by atoms with van der Waals surface area (Å²) in [5.74, 6) is 0.189. The summed E-state index contributed by atoms with van der Waals surface area (Å²) in [4.78, 5) is 15.0. The van der Waals surface area contributed by atoms with E-state index in [0.29, 0.717) is 5.75 Å². The van der Waals surface area contributed by atoms with E-state index >= 15 is 0 Å². The van der Waals surface area contributed by atoms with Crippen molar-refractivity contribution in [2.75, 3.05) is 6.61 Å². The van der Waals surface area contributed by atoms with Crippen molar-refractivity contribution in [3.8, 4) is 16.9 Å². The highest BCUT2D eigenvalue weighted by Gasteiger charge is 2.11. The molecule has 1 amide bonds. The second-order valence-electron chi connectivity index (χ2n) is 4.46. The fourth-order valence-corrected chi connectivity index (χ4v) is 2.03. The first-order chi connectivity index (χ1) is 9.08. The van der Waals surface area contributed by atoms with E-state index in [9.17, 15) is 4.79 Å². The van der Waals surface area contributed by atoms with Crippen molar-refractivity contribution in [1.82, 2.24) is 4.98 Å². The number of carbonyl (C=O) groups is 1. The van der Waals surface area contributed by atoms with E-state index in [1.54, 1.807) is 12.4 Å². The highest BCUT2D eigenvalue weighted by molar-refractivity contribution is 5.77. The molecule has 1 aromatic carbocycles. The fourth-order valence-electron chi connectivity index (χ4n) is 2.03. The van der Waals surface area contributed by atoms with E-state index < -0.39 is 5.91 Å². The van der Waals surface area contributed by atoms with Gasteiger partial charge in [0.1, 0.15) is 5.75 Å². The lowest BCUT2D eigenvalue weighted by Gasteiger charge is -2.14. The number of ether oxygens (including phenoxy) is 1. The van der Waals surface area contributed by atoms with Crippen molar-refractivity contribution >= 4 is 5.91 Å². The zero-order chi connectivity index (χ0) is 13.8. The van der Waals surface area contributed by atoms with Crippen LogP contribution in [0.1, 0.15) is 11.1 Å². The Hall–Kier alpha value is -2.36. The van der Waals surface area contributed by atoms with Crippen LogP contribution < -0.4 is 10.5 Å². The SMILES string of the molecule is Cc1cc(C)c(OCC(N)=O)c(-c2cccnc2)c1.